The minimum atomic E-state index is -0.189. The van der Waals surface area contributed by atoms with Crippen LogP contribution in [0.5, 0.6) is 5.75 Å². The third kappa shape index (κ3) is 3.48. The van der Waals surface area contributed by atoms with Gasteiger partial charge in [0, 0.05) is 12.3 Å². The van der Waals surface area contributed by atoms with E-state index in [2.05, 4.69) is 5.32 Å². The van der Waals surface area contributed by atoms with E-state index < -0.39 is 0 Å². The maximum absolute atomic E-state index is 11.7. The Labute approximate surface area is 111 Å². The molecule has 98 valence electrons. The summed E-state index contributed by atoms with van der Waals surface area (Å²) in [6.07, 6.45) is 4.46. The number of carbonyl (C=O) groups excluding carboxylic acids is 1. The molecule has 0 atom stereocenters. The first-order chi connectivity index (χ1) is 9.31. The van der Waals surface area contributed by atoms with Gasteiger partial charge in [-0.25, -0.2) is 0 Å². The van der Waals surface area contributed by atoms with Crippen molar-refractivity contribution in [2.24, 2.45) is 0 Å². The number of rotatable bonds is 6. The number of ketones is 1. The number of carbonyl (C=O) groups is 1. The van der Waals surface area contributed by atoms with Crippen molar-refractivity contribution in [1.29, 1.82) is 0 Å². The molecule has 0 unspecified atom stereocenters. The number of hydrogen-bond acceptors (Lipinski definition) is 4. The highest BCUT2D eigenvalue weighted by atomic mass is 16.5. The van der Waals surface area contributed by atoms with Crippen molar-refractivity contribution in [2.45, 2.75) is 6.92 Å². The molecule has 0 fully saturated rings. The zero-order valence-corrected chi connectivity index (χ0v) is 10.6. The SMILES string of the molecule is CCOc1ccccc1N/C=C/C(=O)c1ccco1. The molecule has 1 heterocycles. The topological polar surface area (TPSA) is 51.5 Å². The van der Waals surface area contributed by atoms with Crippen LogP contribution in [0.15, 0.2) is 59.4 Å². The molecule has 0 saturated heterocycles. The van der Waals surface area contributed by atoms with Gasteiger partial charge in [0.15, 0.2) is 5.76 Å². The number of nitrogens with one attached hydrogen (secondary N) is 1. The molecule has 0 saturated carbocycles. The molecule has 4 heteroatoms. The van der Waals surface area contributed by atoms with Crippen LogP contribution in [0.4, 0.5) is 5.69 Å². The molecule has 19 heavy (non-hydrogen) atoms. The van der Waals surface area contributed by atoms with Gasteiger partial charge in [0.25, 0.3) is 0 Å². The van der Waals surface area contributed by atoms with Gasteiger partial charge in [-0.05, 0) is 31.2 Å². The van der Waals surface area contributed by atoms with Gasteiger partial charge in [-0.15, -0.1) is 0 Å². The summed E-state index contributed by atoms with van der Waals surface area (Å²) in [5.41, 5.74) is 0.813. The number of allylic oxidation sites excluding steroid dienone is 1. The lowest BCUT2D eigenvalue weighted by molar-refractivity contribution is 0.102. The zero-order valence-electron chi connectivity index (χ0n) is 10.6. The normalized spacial score (nSPS) is 10.6. The number of anilines is 1. The predicted molar refractivity (Wildman–Crippen MR) is 73.4 cm³/mol. The van der Waals surface area contributed by atoms with Crippen LogP contribution in [-0.4, -0.2) is 12.4 Å². The molecule has 1 aromatic heterocycles. The van der Waals surface area contributed by atoms with Gasteiger partial charge in [0.2, 0.25) is 5.78 Å². The van der Waals surface area contributed by atoms with Crippen molar-refractivity contribution in [3.63, 3.8) is 0 Å². The second-order valence-corrected chi connectivity index (χ2v) is 3.75. The second kappa shape index (κ2) is 6.44. The van der Waals surface area contributed by atoms with Gasteiger partial charge < -0.3 is 14.5 Å². The highest BCUT2D eigenvalue weighted by molar-refractivity contribution is 6.02. The fraction of sp³-hybridized carbons (Fsp3) is 0.133. The van der Waals surface area contributed by atoms with Crippen LogP contribution in [0.25, 0.3) is 0 Å². The van der Waals surface area contributed by atoms with E-state index >= 15 is 0 Å². The number of para-hydroxylation sites is 2. The van der Waals surface area contributed by atoms with E-state index in [9.17, 15) is 4.79 Å². The largest absolute Gasteiger partial charge is 0.492 e. The summed E-state index contributed by atoms with van der Waals surface area (Å²) >= 11 is 0. The van der Waals surface area contributed by atoms with Crippen LogP contribution in [-0.2, 0) is 0 Å². The van der Waals surface area contributed by atoms with Gasteiger partial charge in [0.1, 0.15) is 5.75 Å². The Kier molecular flexibility index (Phi) is 4.39. The average molecular weight is 257 g/mol. The van der Waals surface area contributed by atoms with E-state index in [1.54, 1.807) is 18.3 Å². The highest BCUT2D eigenvalue weighted by Crippen LogP contribution is 2.23. The van der Waals surface area contributed by atoms with Crippen molar-refractivity contribution >= 4 is 11.5 Å². The Balaban J connectivity index is 2.00. The van der Waals surface area contributed by atoms with Crippen LogP contribution in [0.3, 0.4) is 0 Å². The number of hydrogen-bond donors (Lipinski definition) is 1. The van der Waals surface area contributed by atoms with Gasteiger partial charge in [-0.3, -0.25) is 4.79 Å². The lowest BCUT2D eigenvalue weighted by Crippen LogP contribution is -1.98. The fourth-order valence-corrected chi connectivity index (χ4v) is 1.58. The lowest BCUT2D eigenvalue weighted by atomic mass is 10.3. The maximum Gasteiger partial charge on any atom is 0.222 e. The van der Waals surface area contributed by atoms with Crippen LogP contribution >= 0.6 is 0 Å². The van der Waals surface area contributed by atoms with Crippen molar-refractivity contribution in [2.75, 3.05) is 11.9 Å². The van der Waals surface area contributed by atoms with E-state index in [4.69, 9.17) is 9.15 Å². The second-order valence-electron chi connectivity index (χ2n) is 3.75. The molecule has 0 aliphatic rings. The molecule has 0 spiro atoms. The number of furan rings is 1. The van der Waals surface area contributed by atoms with Gasteiger partial charge >= 0.3 is 0 Å². The number of ether oxygens (including phenoxy) is 1. The summed E-state index contributed by atoms with van der Waals surface area (Å²) in [6, 6.07) is 10.8. The van der Waals surface area contributed by atoms with Gasteiger partial charge in [0.05, 0.1) is 18.6 Å². The first-order valence-electron chi connectivity index (χ1n) is 6.04. The van der Waals surface area contributed by atoms with Gasteiger partial charge in [-0.1, -0.05) is 12.1 Å². The Morgan fingerprint density at radius 3 is 2.89 bits per heavy atom. The molecule has 0 amide bonds. The molecule has 1 aromatic carbocycles. The molecule has 0 radical (unpaired) electrons. The Morgan fingerprint density at radius 1 is 1.32 bits per heavy atom. The number of benzene rings is 1. The molecule has 2 aromatic rings. The first kappa shape index (κ1) is 13.0. The predicted octanol–water partition coefficient (Wildman–Crippen LogP) is 3.49. The molecule has 0 aliphatic heterocycles. The maximum atomic E-state index is 11.7. The van der Waals surface area contributed by atoms with Crippen LogP contribution < -0.4 is 10.1 Å². The molecule has 1 N–H and O–H groups in total. The molecule has 0 aliphatic carbocycles. The van der Waals surface area contributed by atoms with E-state index in [0.29, 0.717) is 12.4 Å². The van der Waals surface area contributed by atoms with Gasteiger partial charge in [-0.2, -0.15) is 0 Å². The van der Waals surface area contributed by atoms with Crippen LogP contribution in [0, 0.1) is 0 Å². The summed E-state index contributed by atoms with van der Waals surface area (Å²) in [4.78, 5) is 11.7. The Hall–Kier alpha value is -2.49. The zero-order chi connectivity index (χ0) is 13.5. The summed E-state index contributed by atoms with van der Waals surface area (Å²) in [5, 5.41) is 3.02. The standard InChI is InChI=1S/C15H15NO3/c1-2-18-14-7-4-3-6-12(14)16-10-9-13(17)15-8-5-11-19-15/h3-11,16H,2H2,1H3/b10-9+. The monoisotopic (exact) mass is 257 g/mol. The smallest absolute Gasteiger partial charge is 0.222 e. The summed E-state index contributed by atoms with van der Waals surface area (Å²) in [5.74, 6) is 0.877. The fourth-order valence-electron chi connectivity index (χ4n) is 1.58. The molecule has 4 nitrogen and oxygen atoms in total. The average Bonchev–Trinajstić information content (AvgIpc) is 2.95. The van der Waals surface area contributed by atoms with E-state index in [0.717, 1.165) is 11.4 Å². The van der Waals surface area contributed by atoms with Crippen LogP contribution in [0.1, 0.15) is 17.5 Å². The molecule has 2 rings (SSSR count). The first-order valence-corrected chi connectivity index (χ1v) is 6.04. The minimum Gasteiger partial charge on any atom is -0.492 e. The summed E-state index contributed by atoms with van der Waals surface area (Å²) < 4.78 is 10.5. The molecular weight excluding hydrogens is 242 g/mol. The van der Waals surface area contributed by atoms with Crippen molar-refractivity contribution in [3.05, 3.63) is 60.7 Å². The molecular formula is C15H15NO3. The summed E-state index contributed by atoms with van der Waals surface area (Å²) in [7, 11) is 0. The molecule has 0 bridgehead atoms. The third-order valence-corrected chi connectivity index (χ3v) is 2.42. The quantitative estimate of drug-likeness (QED) is 0.635. The minimum absolute atomic E-state index is 0.189. The van der Waals surface area contributed by atoms with Crippen LogP contribution in [0.2, 0.25) is 0 Å². The lowest BCUT2D eigenvalue weighted by Gasteiger charge is -2.08. The van der Waals surface area contributed by atoms with Crippen molar-refractivity contribution in [3.8, 4) is 5.75 Å². The van der Waals surface area contributed by atoms with E-state index in [1.807, 2.05) is 31.2 Å². The van der Waals surface area contributed by atoms with E-state index in [-0.39, 0.29) is 5.78 Å². The third-order valence-electron chi connectivity index (χ3n) is 2.42. The Bertz CT molecular complexity index is 559. The van der Waals surface area contributed by atoms with Crippen molar-refractivity contribution in [1.82, 2.24) is 0 Å². The summed E-state index contributed by atoms with van der Waals surface area (Å²) in [6.45, 7) is 2.51. The van der Waals surface area contributed by atoms with E-state index in [1.165, 1.54) is 12.3 Å². The van der Waals surface area contributed by atoms with Crippen molar-refractivity contribution < 1.29 is 13.9 Å². The Morgan fingerprint density at radius 2 is 2.16 bits per heavy atom. The highest BCUT2D eigenvalue weighted by Gasteiger charge is 2.04.